The van der Waals surface area contributed by atoms with Gasteiger partial charge in [-0.25, -0.2) is 4.79 Å². The van der Waals surface area contributed by atoms with E-state index >= 15 is 0 Å². The molecule has 0 saturated carbocycles. The van der Waals surface area contributed by atoms with Crippen LogP contribution in [0, 0.1) is 0 Å². The molecule has 0 unspecified atom stereocenters. The van der Waals surface area contributed by atoms with Crippen molar-refractivity contribution in [1.29, 1.82) is 0 Å². The Labute approximate surface area is 95.2 Å². The third kappa shape index (κ3) is 2.13. The third-order valence-corrected chi connectivity index (χ3v) is 2.88. The van der Waals surface area contributed by atoms with Gasteiger partial charge in [-0.05, 0) is 29.2 Å². The van der Waals surface area contributed by atoms with Gasteiger partial charge in [0.15, 0.2) is 0 Å². The molecule has 2 aromatic rings. The van der Waals surface area contributed by atoms with Gasteiger partial charge in [0.2, 0.25) is 6.08 Å². The fourth-order valence-electron chi connectivity index (χ4n) is 1.19. The van der Waals surface area contributed by atoms with E-state index in [-0.39, 0.29) is 0 Å². The van der Waals surface area contributed by atoms with Gasteiger partial charge in [0.05, 0.1) is 11.1 Å². The molecule has 0 aliphatic carbocycles. The highest BCUT2D eigenvalue weighted by atomic mass is 35.5. The number of halogens is 1. The zero-order valence-electron chi connectivity index (χ0n) is 7.48. The summed E-state index contributed by atoms with van der Waals surface area (Å²) in [7, 11) is 0. The highest BCUT2D eigenvalue weighted by molar-refractivity contribution is 7.10. The summed E-state index contributed by atoms with van der Waals surface area (Å²) >= 11 is 7.14. The topological polar surface area (TPSA) is 42.3 Å². The second-order valence-corrected chi connectivity index (χ2v) is 3.99. The maximum atomic E-state index is 10.2. The molecule has 1 aromatic carbocycles. The number of isocyanates is 1. The maximum Gasteiger partial charge on any atom is 0.240 e. The molecular weight excluding hydrogens is 232 g/mol. The van der Waals surface area contributed by atoms with Gasteiger partial charge >= 0.3 is 0 Å². The van der Waals surface area contributed by atoms with Crippen LogP contribution in [0.2, 0.25) is 5.02 Å². The minimum absolute atomic E-state index is 0.525. The number of hydrogen-bond acceptors (Lipinski definition) is 4. The quantitative estimate of drug-likeness (QED) is 0.592. The first-order valence-electron chi connectivity index (χ1n) is 4.10. The number of nitrogens with zero attached hydrogens (tertiary/aromatic N) is 2. The van der Waals surface area contributed by atoms with Crippen LogP contribution < -0.4 is 0 Å². The molecule has 0 spiro atoms. The number of carbonyl (C=O) groups excluding carboxylic acids is 1. The molecule has 2 rings (SSSR count). The van der Waals surface area contributed by atoms with Crippen LogP contribution in [-0.2, 0) is 4.79 Å². The molecule has 1 aromatic heterocycles. The summed E-state index contributed by atoms with van der Waals surface area (Å²) in [6.07, 6.45) is 3.04. The van der Waals surface area contributed by atoms with Gasteiger partial charge in [0, 0.05) is 5.02 Å². The van der Waals surface area contributed by atoms with E-state index in [0.717, 1.165) is 10.4 Å². The molecule has 3 nitrogen and oxygen atoms in total. The molecule has 15 heavy (non-hydrogen) atoms. The smallest absolute Gasteiger partial charge is 0.211 e. The Morgan fingerprint density at radius 2 is 2.33 bits per heavy atom. The number of aliphatic imine (C=N–C) groups is 1. The van der Waals surface area contributed by atoms with Crippen molar-refractivity contribution in [2.45, 2.75) is 0 Å². The van der Waals surface area contributed by atoms with Gasteiger partial charge in [0.25, 0.3) is 0 Å². The summed E-state index contributed by atoms with van der Waals surface area (Å²) in [6, 6.07) is 7.32. The third-order valence-electron chi connectivity index (χ3n) is 1.80. The van der Waals surface area contributed by atoms with E-state index in [1.807, 2.05) is 12.1 Å². The van der Waals surface area contributed by atoms with Crippen molar-refractivity contribution < 1.29 is 4.79 Å². The highest BCUT2D eigenvalue weighted by Crippen LogP contribution is 2.34. The lowest BCUT2D eigenvalue weighted by Gasteiger charge is -1.97. The fraction of sp³-hybridized carbons (Fsp3) is 0. The minimum atomic E-state index is 0.525. The molecule has 0 fully saturated rings. The molecule has 0 saturated heterocycles. The van der Waals surface area contributed by atoms with Gasteiger partial charge in [-0.1, -0.05) is 23.7 Å². The van der Waals surface area contributed by atoms with Crippen LogP contribution in [-0.4, -0.2) is 10.5 Å². The first-order chi connectivity index (χ1) is 7.31. The summed E-state index contributed by atoms with van der Waals surface area (Å²) in [5.74, 6) is 0. The van der Waals surface area contributed by atoms with Gasteiger partial charge in [0.1, 0.15) is 5.69 Å². The van der Waals surface area contributed by atoms with E-state index in [0.29, 0.717) is 10.7 Å². The van der Waals surface area contributed by atoms with Crippen LogP contribution in [0.25, 0.3) is 10.4 Å². The first kappa shape index (κ1) is 10.1. The molecule has 1 heterocycles. The normalized spacial score (nSPS) is 9.67. The number of aromatic nitrogens is 1. The van der Waals surface area contributed by atoms with E-state index in [2.05, 4.69) is 9.37 Å². The molecule has 5 heteroatoms. The second kappa shape index (κ2) is 4.36. The summed E-state index contributed by atoms with van der Waals surface area (Å²) in [6.45, 7) is 0. The molecule has 74 valence electrons. The predicted octanol–water partition coefficient (Wildman–Crippen LogP) is 3.43. The molecule has 0 radical (unpaired) electrons. The zero-order chi connectivity index (χ0) is 10.7. The van der Waals surface area contributed by atoms with Gasteiger partial charge < -0.3 is 0 Å². The Hall–Kier alpha value is -1.48. The van der Waals surface area contributed by atoms with E-state index in [4.69, 9.17) is 11.6 Å². The van der Waals surface area contributed by atoms with Gasteiger partial charge in [-0.15, -0.1) is 0 Å². The minimum Gasteiger partial charge on any atom is -0.211 e. The van der Waals surface area contributed by atoms with Crippen LogP contribution >= 0.6 is 23.1 Å². The number of benzene rings is 1. The molecule has 0 amide bonds. The van der Waals surface area contributed by atoms with Crippen molar-refractivity contribution in [3.8, 4) is 10.4 Å². The monoisotopic (exact) mass is 236 g/mol. The van der Waals surface area contributed by atoms with Crippen molar-refractivity contribution in [3.63, 3.8) is 0 Å². The first-order valence-corrected chi connectivity index (χ1v) is 5.25. The summed E-state index contributed by atoms with van der Waals surface area (Å²) in [4.78, 5) is 14.6. The average molecular weight is 237 g/mol. The average Bonchev–Trinajstić information content (AvgIpc) is 2.66. The lowest BCUT2D eigenvalue weighted by Crippen LogP contribution is -1.72. The van der Waals surface area contributed by atoms with Crippen LogP contribution in [0.1, 0.15) is 0 Å². The SMILES string of the molecule is O=C=Nc1cnsc1-c1cccc(Cl)c1. The van der Waals surface area contributed by atoms with Crippen molar-refractivity contribution in [3.05, 3.63) is 35.5 Å². The van der Waals surface area contributed by atoms with Crippen molar-refractivity contribution >= 4 is 34.9 Å². The van der Waals surface area contributed by atoms with E-state index in [1.54, 1.807) is 12.1 Å². The maximum absolute atomic E-state index is 10.2. The Morgan fingerprint density at radius 3 is 3.07 bits per heavy atom. The summed E-state index contributed by atoms with van der Waals surface area (Å²) < 4.78 is 3.97. The molecular formula is C10H5ClN2OS. The lowest BCUT2D eigenvalue weighted by atomic mass is 10.2. The molecule has 0 aliphatic rings. The van der Waals surface area contributed by atoms with Crippen LogP contribution in [0.15, 0.2) is 35.5 Å². The Kier molecular flexibility index (Phi) is 2.92. The predicted molar refractivity (Wildman–Crippen MR) is 60.3 cm³/mol. The van der Waals surface area contributed by atoms with Crippen LogP contribution in [0.5, 0.6) is 0 Å². The van der Waals surface area contributed by atoms with Crippen molar-refractivity contribution in [2.24, 2.45) is 4.99 Å². The molecule has 0 bridgehead atoms. The molecule has 0 N–H and O–H groups in total. The second-order valence-electron chi connectivity index (χ2n) is 2.75. The van der Waals surface area contributed by atoms with E-state index in [1.165, 1.54) is 23.8 Å². The van der Waals surface area contributed by atoms with Crippen LogP contribution in [0.4, 0.5) is 5.69 Å². The largest absolute Gasteiger partial charge is 0.240 e. The van der Waals surface area contributed by atoms with Gasteiger partial charge in [-0.2, -0.15) is 9.37 Å². The Bertz CT molecular complexity index is 532. The summed E-state index contributed by atoms with van der Waals surface area (Å²) in [5, 5.41) is 0.641. The fourth-order valence-corrected chi connectivity index (χ4v) is 2.07. The van der Waals surface area contributed by atoms with Crippen molar-refractivity contribution in [1.82, 2.24) is 4.37 Å². The Morgan fingerprint density at radius 1 is 1.47 bits per heavy atom. The Balaban J connectivity index is 2.53. The van der Waals surface area contributed by atoms with Gasteiger partial charge in [-0.3, -0.25) is 0 Å². The van der Waals surface area contributed by atoms with E-state index in [9.17, 15) is 4.79 Å². The van der Waals surface area contributed by atoms with Crippen molar-refractivity contribution in [2.75, 3.05) is 0 Å². The lowest BCUT2D eigenvalue weighted by molar-refractivity contribution is 0.565. The molecule has 0 aliphatic heterocycles. The highest BCUT2D eigenvalue weighted by Gasteiger charge is 2.07. The summed E-state index contributed by atoms with van der Waals surface area (Å²) in [5.41, 5.74) is 1.43. The van der Waals surface area contributed by atoms with E-state index < -0.39 is 0 Å². The standard InChI is InChI=1S/C10H5ClN2OS/c11-8-3-1-2-7(4-8)10-9(12-6-14)5-13-15-10/h1-5H. The number of hydrogen-bond donors (Lipinski definition) is 0. The van der Waals surface area contributed by atoms with Crippen LogP contribution in [0.3, 0.4) is 0 Å². The number of rotatable bonds is 2. The zero-order valence-corrected chi connectivity index (χ0v) is 9.05. The molecule has 0 atom stereocenters.